The van der Waals surface area contributed by atoms with Gasteiger partial charge in [-0.1, -0.05) is 126 Å². The van der Waals surface area contributed by atoms with Gasteiger partial charge >= 0.3 is 0 Å². The normalized spacial score (nSPS) is 19.4. The molecule has 5 heteroatoms. The minimum atomic E-state index is 0.594. The van der Waals surface area contributed by atoms with Crippen LogP contribution in [0.5, 0.6) is 11.5 Å². The van der Waals surface area contributed by atoms with E-state index < -0.39 is 0 Å². The monoisotopic (exact) mass is 780 g/mol. The Kier molecular flexibility index (Phi) is 16.0. The minimum absolute atomic E-state index is 0.594. The summed E-state index contributed by atoms with van der Waals surface area (Å²) in [5.74, 6) is 4.51. The van der Waals surface area contributed by atoms with E-state index >= 15 is 0 Å². The van der Waals surface area contributed by atoms with Crippen LogP contribution in [0.2, 0.25) is 0 Å². The topological polar surface area (TPSA) is 66.0 Å². The molecule has 0 N–H and O–H groups in total. The number of nitrogens with zero attached hydrogens (tertiary/aromatic N) is 2. The molecule has 0 radical (unpaired) electrons. The molecule has 2 saturated carbocycles. The number of hydrogen-bond donors (Lipinski definition) is 0. The van der Waals surface area contributed by atoms with Gasteiger partial charge in [-0.15, -0.1) is 0 Å². The lowest BCUT2D eigenvalue weighted by Crippen LogP contribution is -2.13. The molecule has 0 heterocycles. The van der Waals surface area contributed by atoms with Gasteiger partial charge in [-0.25, -0.2) is 0 Å². The average Bonchev–Trinajstić information content (AvgIpc) is 3.25. The fraction of sp³-hybridized carbons (Fsp3) is 0.500. The number of hydrogen-bond acceptors (Lipinski definition) is 5. The smallest absolute Gasteiger partial charge is 0.123 e. The minimum Gasteiger partial charge on any atom is -0.496 e. The van der Waals surface area contributed by atoms with Crippen LogP contribution in [0.1, 0.15) is 173 Å². The Morgan fingerprint density at radius 1 is 0.526 bits per heavy atom. The predicted octanol–water partition coefficient (Wildman–Crippen LogP) is 14.5. The van der Waals surface area contributed by atoms with Gasteiger partial charge in [-0.05, 0) is 122 Å². The van der Waals surface area contributed by atoms with Gasteiger partial charge < -0.3 is 9.47 Å². The first-order chi connectivity index (χ1) is 28.0. The third-order valence-corrected chi connectivity index (χ3v) is 14.3. The molecule has 300 valence electrons. The predicted molar refractivity (Wildman–Crippen MR) is 236 cm³/mol. The summed E-state index contributed by atoms with van der Waals surface area (Å²) in [5.41, 5.74) is 8.14. The Morgan fingerprint density at radius 3 is 1.25 bits per heavy atom. The quantitative estimate of drug-likeness (QED) is 0.0941. The second kappa shape index (κ2) is 21.5. The van der Waals surface area contributed by atoms with Gasteiger partial charge in [0.1, 0.15) is 23.6 Å². The van der Waals surface area contributed by atoms with Crippen molar-refractivity contribution >= 4 is 11.8 Å². The number of unbranched alkanes of at least 4 members (excludes halogenated alkanes) is 4. The van der Waals surface area contributed by atoms with Crippen molar-refractivity contribution < 1.29 is 9.47 Å². The second-order valence-electron chi connectivity index (χ2n) is 16.8. The van der Waals surface area contributed by atoms with Gasteiger partial charge in [0, 0.05) is 33.8 Å². The number of nitriles is 2. The molecule has 0 atom stereocenters. The SMILES string of the molecule is CCCCCC1CCC(c2ccc(Cc3c(OC)ccc(Sc4ccc(OC)c(Cc5ccc(C6CCC(CCCCC)CC6)cc5)c4C#N)c3C#N)cc2)CC1. The molecule has 0 aromatic heterocycles. The average molecular weight is 781 g/mol. The standard InChI is InChI=1S/C52H64N2O2S/c1-5-7-9-11-37-13-21-41(22-14-37)43-25-17-39(18-26-43)33-45-47(35-53)51(31-29-49(45)55-3)57-52-32-30-50(56-4)46(48(52)36-54)34-40-19-27-44(28-20-40)42-23-15-38(16-24-42)12-10-8-6-2/h17-20,25-32,37-38,41-42H,5-16,21-24,33-34H2,1-4H3. The summed E-state index contributed by atoms with van der Waals surface area (Å²) in [4.78, 5) is 1.63. The maximum atomic E-state index is 10.6. The first-order valence-electron chi connectivity index (χ1n) is 22.0. The van der Waals surface area contributed by atoms with Crippen LogP contribution in [-0.4, -0.2) is 14.2 Å². The lowest BCUT2D eigenvalue weighted by molar-refractivity contribution is 0.303. The number of benzene rings is 4. The largest absolute Gasteiger partial charge is 0.496 e. The first kappa shape index (κ1) is 42.4. The summed E-state index contributed by atoms with van der Waals surface area (Å²) in [6, 6.07) is 31.0. The Morgan fingerprint density at radius 2 is 0.912 bits per heavy atom. The van der Waals surface area contributed by atoms with Crippen molar-refractivity contribution in [3.8, 4) is 23.6 Å². The highest BCUT2D eigenvalue weighted by Crippen LogP contribution is 2.42. The van der Waals surface area contributed by atoms with Crippen molar-refractivity contribution in [3.05, 3.63) is 117 Å². The highest BCUT2D eigenvalue weighted by atomic mass is 32.2. The lowest BCUT2D eigenvalue weighted by Gasteiger charge is -2.29. The number of rotatable bonds is 18. The van der Waals surface area contributed by atoms with E-state index in [4.69, 9.17) is 9.47 Å². The van der Waals surface area contributed by atoms with E-state index in [9.17, 15) is 10.5 Å². The Hall–Kier alpha value is -4.19. The molecular formula is C52H64N2O2S. The lowest BCUT2D eigenvalue weighted by atomic mass is 9.77. The first-order valence-corrected chi connectivity index (χ1v) is 22.8. The molecule has 2 fully saturated rings. The van der Waals surface area contributed by atoms with Crippen molar-refractivity contribution in [3.63, 3.8) is 0 Å². The van der Waals surface area contributed by atoms with Gasteiger partial charge in [0.15, 0.2) is 0 Å². The van der Waals surface area contributed by atoms with Gasteiger partial charge in [0.05, 0.1) is 25.3 Å². The van der Waals surface area contributed by atoms with Crippen LogP contribution < -0.4 is 9.47 Å². The molecule has 2 aliphatic carbocycles. The van der Waals surface area contributed by atoms with Gasteiger partial charge in [-0.2, -0.15) is 10.5 Å². The van der Waals surface area contributed by atoms with Crippen LogP contribution in [0.3, 0.4) is 0 Å². The molecule has 0 aliphatic heterocycles. The van der Waals surface area contributed by atoms with Gasteiger partial charge in [0.2, 0.25) is 0 Å². The third kappa shape index (κ3) is 11.1. The highest BCUT2D eigenvalue weighted by molar-refractivity contribution is 7.99. The highest BCUT2D eigenvalue weighted by Gasteiger charge is 2.25. The molecule has 0 saturated heterocycles. The summed E-state index contributed by atoms with van der Waals surface area (Å²) in [7, 11) is 3.34. The van der Waals surface area contributed by atoms with Gasteiger partial charge in [-0.3, -0.25) is 0 Å². The summed E-state index contributed by atoms with van der Waals surface area (Å²) in [6.45, 7) is 4.58. The summed E-state index contributed by atoms with van der Waals surface area (Å²) >= 11 is 1.48. The number of methoxy groups -OCH3 is 2. The molecule has 4 aromatic carbocycles. The van der Waals surface area contributed by atoms with Crippen molar-refractivity contribution in [2.24, 2.45) is 11.8 Å². The molecule has 0 spiro atoms. The van der Waals surface area contributed by atoms with Crippen LogP contribution in [0.4, 0.5) is 0 Å². The van der Waals surface area contributed by atoms with E-state index in [-0.39, 0.29) is 0 Å². The van der Waals surface area contributed by atoms with E-state index in [2.05, 4.69) is 74.5 Å². The summed E-state index contributed by atoms with van der Waals surface area (Å²) in [6.07, 6.45) is 22.6. The van der Waals surface area contributed by atoms with E-state index in [1.807, 2.05) is 24.3 Å². The van der Waals surface area contributed by atoms with Crippen LogP contribution in [0, 0.1) is 34.5 Å². The molecule has 4 nitrogen and oxygen atoms in total. The molecular weight excluding hydrogens is 717 g/mol. The molecule has 0 unspecified atom stereocenters. The molecule has 4 aromatic rings. The third-order valence-electron chi connectivity index (χ3n) is 13.1. The van der Waals surface area contributed by atoms with Crippen molar-refractivity contribution in [2.45, 2.75) is 151 Å². The van der Waals surface area contributed by atoms with E-state index in [0.29, 0.717) is 47.3 Å². The fourth-order valence-electron chi connectivity index (χ4n) is 9.64. The van der Waals surface area contributed by atoms with Crippen LogP contribution in [0.25, 0.3) is 0 Å². The van der Waals surface area contributed by atoms with Crippen molar-refractivity contribution in [2.75, 3.05) is 14.2 Å². The molecule has 0 bridgehead atoms. The second-order valence-corrected chi connectivity index (χ2v) is 17.9. The Labute approximate surface area is 348 Å². The maximum Gasteiger partial charge on any atom is 0.123 e. The van der Waals surface area contributed by atoms with Crippen molar-refractivity contribution in [1.82, 2.24) is 0 Å². The Bertz CT molecular complexity index is 1810. The van der Waals surface area contributed by atoms with E-state index in [0.717, 1.165) is 43.9 Å². The fourth-order valence-corrected chi connectivity index (χ4v) is 10.7. The maximum absolute atomic E-state index is 10.6. The molecule has 6 rings (SSSR count). The zero-order chi connectivity index (χ0) is 40.0. The van der Waals surface area contributed by atoms with Crippen LogP contribution >= 0.6 is 11.8 Å². The van der Waals surface area contributed by atoms with Crippen LogP contribution in [-0.2, 0) is 12.8 Å². The molecule has 57 heavy (non-hydrogen) atoms. The zero-order valence-electron chi connectivity index (χ0n) is 35.1. The van der Waals surface area contributed by atoms with E-state index in [1.54, 1.807) is 14.2 Å². The zero-order valence-corrected chi connectivity index (χ0v) is 35.9. The summed E-state index contributed by atoms with van der Waals surface area (Å²) < 4.78 is 11.7. The molecule has 2 aliphatic rings. The van der Waals surface area contributed by atoms with Crippen molar-refractivity contribution in [1.29, 1.82) is 10.5 Å². The molecule has 0 amide bonds. The number of ether oxygens (including phenoxy) is 2. The van der Waals surface area contributed by atoms with Crippen LogP contribution in [0.15, 0.2) is 82.6 Å². The Balaban J connectivity index is 1.15. The van der Waals surface area contributed by atoms with E-state index in [1.165, 1.54) is 126 Å². The van der Waals surface area contributed by atoms with Gasteiger partial charge in [0.25, 0.3) is 0 Å². The summed E-state index contributed by atoms with van der Waals surface area (Å²) in [5, 5.41) is 21.2.